The molecule has 2 aromatic rings. The van der Waals surface area contributed by atoms with Crippen molar-refractivity contribution >= 4 is 41.0 Å². The second-order valence-electron chi connectivity index (χ2n) is 6.76. The van der Waals surface area contributed by atoms with E-state index in [0.717, 1.165) is 53.9 Å². The van der Waals surface area contributed by atoms with Crippen molar-refractivity contribution in [3.63, 3.8) is 0 Å². The van der Waals surface area contributed by atoms with Crippen molar-refractivity contribution in [1.82, 2.24) is 0 Å². The van der Waals surface area contributed by atoms with Crippen LogP contribution in [0.2, 0.25) is 5.02 Å². The maximum atomic E-state index is 6.12. The normalized spacial score (nSPS) is 10.9. The highest BCUT2D eigenvalue weighted by molar-refractivity contribution is 6.55. The Hall–Kier alpha value is -1.88. The lowest BCUT2D eigenvalue weighted by Gasteiger charge is -2.17. The molecule has 168 valence electrons. The van der Waals surface area contributed by atoms with Crippen LogP contribution >= 0.6 is 34.8 Å². The lowest BCUT2D eigenvalue weighted by molar-refractivity contribution is 0.137. The molecule has 0 aliphatic heterocycles. The Balaban J connectivity index is 1.78. The van der Waals surface area contributed by atoms with Crippen LogP contribution in [0, 0.1) is 0 Å². The van der Waals surface area contributed by atoms with Gasteiger partial charge < -0.3 is 14.3 Å². The van der Waals surface area contributed by atoms with E-state index in [1.165, 1.54) is 0 Å². The molecule has 0 spiro atoms. The minimum Gasteiger partial charge on any atom is -0.493 e. The van der Waals surface area contributed by atoms with Gasteiger partial charge >= 0.3 is 0 Å². The van der Waals surface area contributed by atoms with E-state index >= 15 is 0 Å². The highest BCUT2D eigenvalue weighted by Gasteiger charge is 2.11. The third kappa shape index (κ3) is 9.42. The Labute approximate surface area is 199 Å². The van der Waals surface area contributed by atoms with E-state index in [-0.39, 0.29) is 4.49 Å². The number of hydrogen-bond donors (Lipinski definition) is 0. The standard InChI is InChI=1S/C24H28Cl3NO3/c1-3-19-15-22(29-14-11-23(26)27)16-20(4-2)24(19)30-12-5-6-13-31-28-17-18-7-9-21(25)10-8-18/h7-11,15-17H,3-6,12-14H2,1-2H3/b28-17+. The Morgan fingerprint density at radius 1 is 0.935 bits per heavy atom. The minimum absolute atomic E-state index is 0.200. The number of aryl methyl sites for hydroxylation is 2. The fraction of sp³-hybridized carbons (Fsp3) is 0.375. The third-order valence-electron chi connectivity index (χ3n) is 4.49. The molecule has 0 saturated carbocycles. The lowest BCUT2D eigenvalue weighted by atomic mass is 10.0. The average molecular weight is 485 g/mol. The first-order chi connectivity index (χ1) is 15.0. The molecule has 2 rings (SSSR count). The van der Waals surface area contributed by atoms with Crippen molar-refractivity contribution in [3.05, 3.63) is 68.7 Å². The smallest absolute Gasteiger partial charge is 0.125 e. The molecule has 0 fully saturated rings. The maximum Gasteiger partial charge on any atom is 0.125 e. The van der Waals surface area contributed by atoms with Gasteiger partial charge in [0.25, 0.3) is 0 Å². The van der Waals surface area contributed by atoms with Crippen LogP contribution in [0.15, 0.2) is 52.1 Å². The van der Waals surface area contributed by atoms with Gasteiger partial charge in [-0.3, -0.25) is 0 Å². The molecular formula is C24H28Cl3NO3. The lowest BCUT2D eigenvalue weighted by Crippen LogP contribution is -2.05. The van der Waals surface area contributed by atoms with Gasteiger partial charge in [-0.2, -0.15) is 0 Å². The molecule has 0 aliphatic carbocycles. The summed E-state index contributed by atoms with van der Waals surface area (Å²) >= 11 is 17.1. The Bertz CT molecular complexity index is 838. The third-order valence-corrected chi connectivity index (χ3v) is 5.05. The molecule has 7 heteroatoms. The van der Waals surface area contributed by atoms with E-state index in [0.29, 0.717) is 24.8 Å². The molecule has 0 saturated heterocycles. The quantitative estimate of drug-likeness (QED) is 0.169. The summed E-state index contributed by atoms with van der Waals surface area (Å²) in [6.07, 6.45) is 6.73. The van der Waals surface area contributed by atoms with Gasteiger partial charge in [0.05, 0.1) is 12.8 Å². The fourth-order valence-electron chi connectivity index (χ4n) is 2.86. The molecule has 4 nitrogen and oxygen atoms in total. The average Bonchev–Trinajstić information content (AvgIpc) is 2.76. The number of benzene rings is 2. The molecule has 0 aliphatic rings. The molecule has 0 bridgehead atoms. The zero-order valence-corrected chi connectivity index (χ0v) is 20.1. The predicted octanol–water partition coefficient (Wildman–Crippen LogP) is 7.37. The number of halogens is 3. The molecule has 2 aromatic carbocycles. The van der Waals surface area contributed by atoms with Crippen molar-refractivity contribution in [2.75, 3.05) is 19.8 Å². The van der Waals surface area contributed by atoms with Crippen LogP contribution in [-0.4, -0.2) is 26.0 Å². The molecule has 0 unspecified atom stereocenters. The molecule has 0 N–H and O–H groups in total. The Kier molecular flexibility index (Phi) is 11.7. The summed E-state index contributed by atoms with van der Waals surface area (Å²) in [7, 11) is 0. The number of rotatable bonds is 13. The van der Waals surface area contributed by atoms with E-state index in [2.05, 4.69) is 19.0 Å². The molecule has 0 atom stereocenters. The van der Waals surface area contributed by atoms with Gasteiger partial charge in [0.2, 0.25) is 0 Å². The van der Waals surface area contributed by atoms with Crippen LogP contribution in [0.4, 0.5) is 0 Å². The van der Waals surface area contributed by atoms with Crippen LogP contribution in [-0.2, 0) is 17.7 Å². The highest BCUT2D eigenvalue weighted by Crippen LogP contribution is 2.31. The predicted molar refractivity (Wildman–Crippen MR) is 130 cm³/mol. The topological polar surface area (TPSA) is 40.0 Å². The van der Waals surface area contributed by atoms with E-state index in [1.54, 1.807) is 12.3 Å². The van der Waals surface area contributed by atoms with Crippen molar-refractivity contribution in [2.24, 2.45) is 5.16 Å². The first kappa shape index (κ1) is 25.4. The minimum atomic E-state index is 0.200. The van der Waals surface area contributed by atoms with Crippen LogP contribution in [0.1, 0.15) is 43.4 Å². The number of ether oxygens (including phenoxy) is 2. The zero-order chi connectivity index (χ0) is 22.5. The zero-order valence-electron chi connectivity index (χ0n) is 17.9. The molecule has 0 aromatic heterocycles. The summed E-state index contributed by atoms with van der Waals surface area (Å²) in [5.41, 5.74) is 3.19. The van der Waals surface area contributed by atoms with Crippen molar-refractivity contribution in [3.8, 4) is 11.5 Å². The second kappa shape index (κ2) is 14.2. The van der Waals surface area contributed by atoms with Crippen LogP contribution in [0.25, 0.3) is 0 Å². The SMILES string of the molecule is CCc1cc(OCC=C(Cl)Cl)cc(CC)c1OCCCCO/N=C/c1ccc(Cl)cc1. The van der Waals surface area contributed by atoms with Crippen molar-refractivity contribution in [2.45, 2.75) is 39.5 Å². The fourth-order valence-corrected chi connectivity index (χ4v) is 3.11. The van der Waals surface area contributed by atoms with E-state index in [4.69, 9.17) is 49.1 Å². The number of hydrogen-bond acceptors (Lipinski definition) is 4. The number of oxime groups is 1. The summed E-state index contributed by atoms with van der Waals surface area (Å²) in [6, 6.07) is 11.4. The summed E-state index contributed by atoms with van der Waals surface area (Å²) in [6.45, 7) is 5.70. The molecule has 0 amide bonds. The van der Waals surface area contributed by atoms with E-state index < -0.39 is 0 Å². The first-order valence-electron chi connectivity index (χ1n) is 10.4. The van der Waals surface area contributed by atoms with E-state index in [1.807, 2.05) is 36.4 Å². The Morgan fingerprint density at radius 3 is 2.19 bits per heavy atom. The monoisotopic (exact) mass is 483 g/mol. The Morgan fingerprint density at radius 2 is 1.58 bits per heavy atom. The summed E-state index contributed by atoms with van der Waals surface area (Å²) < 4.78 is 12.1. The van der Waals surface area contributed by atoms with Gasteiger partial charge in [-0.05, 0) is 72.7 Å². The van der Waals surface area contributed by atoms with Crippen LogP contribution in [0.3, 0.4) is 0 Å². The second-order valence-corrected chi connectivity index (χ2v) is 8.20. The number of nitrogens with zero attached hydrogens (tertiary/aromatic N) is 1. The maximum absolute atomic E-state index is 6.12. The highest BCUT2D eigenvalue weighted by atomic mass is 35.5. The van der Waals surface area contributed by atoms with Crippen molar-refractivity contribution < 1.29 is 14.3 Å². The first-order valence-corrected chi connectivity index (χ1v) is 11.5. The van der Waals surface area contributed by atoms with Gasteiger partial charge in [-0.1, -0.05) is 65.9 Å². The number of unbranched alkanes of at least 4 members (excludes halogenated alkanes) is 1. The summed E-state index contributed by atoms with van der Waals surface area (Å²) in [5, 5.41) is 4.68. The van der Waals surface area contributed by atoms with E-state index in [9.17, 15) is 0 Å². The molecular weight excluding hydrogens is 457 g/mol. The summed E-state index contributed by atoms with van der Waals surface area (Å²) in [4.78, 5) is 5.32. The summed E-state index contributed by atoms with van der Waals surface area (Å²) in [5.74, 6) is 1.74. The van der Waals surface area contributed by atoms with Gasteiger partial charge in [0.1, 0.15) is 29.2 Å². The molecule has 31 heavy (non-hydrogen) atoms. The largest absolute Gasteiger partial charge is 0.493 e. The van der Waals surface area contributed by atoms with Gasteiger partial charge in [0.15, 0.2) is 0 Å². The van der Waals surface area contributed by atoms with Gasteiger partial charge in [0, 0.05) is 5.02 Å². The van der Waals surface area contributed by atoms with Crippen LogP contribution in [0.5, 0.6) is 11.5 Å². The van der Waals surface area contributed by atoms with Crippen molar-refractivity contribution in [1.29, 1.82) is 0 Å². The van der Waals surface area contributed by atoms with Gasteiger partial charge in [-0.15, -0.1) is 0 Å². The van der Waals surface area contributed by atoms with Gasteiger partial charge in [-0.25, -0.2) is 0 Å². The van der Waals surface area contributed by atoms with Crippen LogP contribution < -0.4 is 9.47 Å². The molecule has 0 radical (unpaired) electrons. The molecule has 0 heterocycles.